The topological polar surface area (TPSA) is 97.0 Å². The van der Waals surface area contributed by atoms with Gasteiger partial charge in [-0.1, -0.05) is 17.3 Å². The number of hydrogen-bond acceptors (Lipinski definition) is 6. The minimum atomic E-state index is -0.600. The molecule has 8 nitrogen and oxygen atoms in total. The molecule has 0 saturated carbocycles. The van der Waals surface area contributed by atoms with Crippen molar-refractivity contribution < 1.29 is 23.9 Å². The van der Waals surface area contributed by atoms with Gasteiger partial charge in [0, 0.05) is 32.8 Å². The van der Waals surface area contributed by atoms with Gasteiger partial charge in [0.1, 0.15) is 11.3 Å². The Hall–Kier alpha value is -3.75. The Kier molecular flexibility index (Phi) is 4.71. The molecule has 0 spiro atoms. The van der Waals surface area contributed by atoms with E-state index in [4.69, 9.17) is 4.74 Å². The molecule has 0 saturated heterocycles. The molecule has 29 heavy (non-hydrogen) atoms. The summed E-state index contributed by atoms with van der Waals surface area (Å²) in [7, 11) is 0. The number of nitrogens with zero attached hydrogens (tertiary/aromatic N) is 4. The van der Waals surface area contributed by atoms with Crippen LogP contribution in [0, 0.1) is 5.82 Å². The average Bonchev–Trinajstić information content (AvgIpc) is 2.71. The summed E-state index contributed by atoms with van der Waals surface area (Å²) in [5.41, 5.74) is 1.24. The summed E-state index contributed by atoms with van der Waals surface area (Å²) in [5.74, 6) is -1.34. The van der Waals surface area contributed by atoms with Gasteiger partial charge in [0.05, 0.1) is 5.39 Å². The summed E-state index contributed by atoms with van der Waals surface area (Å²) in [6.07, 6.45) is 1.50. The molecule has 1 N–H and O–H groups in total. The average molecular weight is 396 g/mol. The van der Waals surface area contributed by atoms with Crippen LogP contribution in [0.3, 0.4) is 0 Å². The number of pyridine rings is 2. The van der Waals surface area contributed by atoms with E-state index in [1.54, 1.807) is 29.2 Å². The molecule has 3 heterocycles. The van der Waals surface area contributed by atoms with Crippen molar-refractivity contribution in [1.82, 2.24) is 14.5 Å². The molecule has 0 unspecified atom stereocenters. The first kappa shape index (κ1) is 18.6. The van der Waals surface area contributed by atoms with Crippen LogP contribution in [0.2, 0.25) is 0 Å². The number of ether oxygens (including phenoxy) is 1. The highest BCUT2D eigenvalue weighted by Gasteiger charge is 2.32. The Morgan fingerprint density at radius 1 is 1.28 bits per heavy atom. The molecule has 0 radical (unpaired) electrons. The van der Waals surface area contributed by atoms with E-state index >= 15 is 0 Å². The van der Waals surface area contributed by atoms with Crippen molar-refractivity contribution >= 4 is 22.8 Å². The van der Waals surface area contributed by atoms with Crippen LogP contribution in [0.25, 0.3) is 10.9 Å². The van der Waals surface area contributed by atoms with Gasteiger partial charge in [0.25, 0.3) is 5.91 Å². The maximum Gasteiger partial charge on any atom is 0.308 e. The third-order valence-electron chi connectivity index (χ3n) is 4.71. The van der Waals surface area contributed by atoms with E-state index in [-0.39, 0.29) is 34.8 Å². The Balaban J connectivity index is 1.87. The van der Waals surface area contributed by atoms with Gasteiger partial charge in [-0.2, -0.15) is 0 Å². The maximum atomic E-state index is 13.3. The number of amides is 1. The maximum absolute atomic E-state index is 13.3. The van der Waals surface area contributed by atoms with Crippen LogP contribution in [0.1, 0.15) is 23.0 Å². The normalized spacial score (nSPS) is 14.2. The number of aromatic nitrogens is 2. The van der Waals surface area contributed by atoms with E-state index < -0.39 is 11.9 Å². The van der Waals surface area contributed by atoms with Gasteiger partial charge in [-0.05, 0) is 29.8 Å². The van der Waals surface area contributed by atoms with Crippen molar-refractivity contribution in [3.8, 4) is 5.75 Å². The van der Waals surface area contributed by atoms with E-state index in [9.17, 15) is 19.2 Å². The molecule has 9 heteroatoms. The van der Waals surface area contributed by atoms with E-state index in [0.717, 1.165) is 5.56 Å². The molecule has 3 aromatic rings. The second-order valence-electron chi connectivity index (χ2n) is 6.60. The van der Waals surface area contributed by atoms with Gasteiger partial charge < -0.3 is 19.4 Å². The highest BCUT2D eigenvalue weighted by molar-refractivity contribution is 6.02. The van der Waals surface area contributed by atoms with Crippen LogP contribution in [0.4, 0.5) is 4.39 Å². The van der Waals surface area contributed by atoms with Gasteiger partial charge >= 0.3 is 5.97 Å². The summed E-state index contributed by atoms with van der Waals surface area (Å²) < 4.78 is 20.1. The molecular formula is C20H17FN4O4. The zero-order valence-corrected chi connectivity index (χ0v) is 15.5. The first-order chi connectivity index (χ1) is 14.0. The Bertz CT molecular complexity index is 1190. The fourth-order valence-electron chi connectivity index (χ4n) is 3.46. The Morgan fingerprint density at radius 3 is 2.72 bits per heavy atom. The lowest BCUT2D eigenvalue weighted by molar-refractivity contribution is -0.131. The number of esters is 1. The predicted octanol–water partition coefficient (Wildman–Crippen LogP) is 2.05. The molecule has 0 bridgehead atoms. The van der Waals surface area contributed by atoms with Crippen molar-refractivity contribution in [2.24, 2.45) is 5.16 Å². The molecule has 0 atom stereocenters. The van der Waals surface area contributed by atoms with E-state index in [1.165, 1.54) is 29.8 Å². The fourth-order valence-corrected chi connectivity index (χ4v) is 3.46. The number of carbonyl (C=O) groups is 2. The molecule has 4 rings (SSSR count). The van der Waals surface area contributed by atoms with Gasteiger partial charge in [-0.3, -0.25) is 14.6 Å². The van der Waals surface area contributed by atoms with Crippen molar-refractivity contribution in [3.05, 3.63) is 65.2 Å². The third-order valence-corrected chi connectivity index (χ3v) is 4.71. The molecule has 1 aliphatic rings. The second kappa shape index (κ2) is 7.34. The monoisotopic (exact) mass is 396 g/mol. The summed E-state index contributed by atoms with van der Waals surface area (Å²) >= 11 is 0. The number of rotatable bonds is 3. The lowest BCUT2D eigenvalue weighted by atomic mass is 10.1. The van der Waals surface area contributed by atoms with E-state index in [0.29, 0.717) is 18.5 Å². The fraction of sp³-hybridized carbons (Fsp3) is 0.200. The van der Waals surface area contributed by atoms with Gasteiger partial charge in [-0.15, -0.1) is 0 Å². The van der Waals surface area contributed by atoms with E-state index in [2.05, 4.69) is 10.1 Å². The number of carbonyl (C=O) groups excluding carboxylic acids is 2. The lowest BCUT2D eigenvalue weighted by Gasteiger charge is -2.31. The summed E-state index contributed by atoms with van der Waals surface area (Å²) in [6.45, 7) is 2.15. The summed E-state index contributed by atoms with van der Waals surface area (Å²) in [6, 6.07) is 9.21. The third kappa shape index (κ3) is 3.31. The first-order valence-electron chi connectivity index (χ1n) is 8.91. The van der Waals surface area contributed by atoms with Crippen LogP contribution in [-0.4, -0.2) is 38.1 Å². The molecule has 148 valence electrons. The van der Waals surface area contributed by atoms with Gasteiger partial charge in [0.15, 0.2) is 16.9 Å². The standard InChI is InChI=1S/C20H17FN4O4/c1-12(26)29-18-16-15(3-2-8-22-16)19(23-28)25-10-9-24(20(27)17(18)25)11-13-4-6-14(21)7-5-13/h2-8,28H,9-11H2,1H3. The predicted molar refractivity (Wildman–Crippen MR) is 99.5 cm³/mol. The molecule has 0 fully saturated rings. The number of halogens is 1. The van der Waals surface area contributed by atoms with Crippen LogP contribution in [-0.2, 0) is 17.9 Å². The molecule has 1 amide bonds. The van der Waals surface area contributed by atoms with Crippen molar-refractivity contribution in [3.63, 3.8) is 0 Å². The van der Waals surface area contributed by atoms with Crippen molar-refractivity contribution in [2.45, 2.75) is 20.0 Å². The Labute approximate surface area is 164 Å². The SMILES string of the molecule is CC(=O)Oc1c2n(c(=NO)c3cccnc13)CCN(Cc1ccc(F)cc1)C2=O. The molecule has 0 aliphatic carbocycles. The number of fused-ring (bicyclic) bond motifs is 2. The summed E-state index contributed by atoms with van der Waals surface area (Å²) in [5, 5.41) is 13.4. The number of benzene rings is 1. The highest BCUT2D eigenvalue weighted by atomic mass is 19.1. The number of hydrogen-bond donors (Lipinski definition) is 1. The van der Waals surface area contributed by atoms with E-state index in [1.807, 2.05) is 0 Å². The van der Waals surface area contributed by atoms with Gasteiger partial charge in [0.2, 0.25) is 0 Å². The van der Waals surface area contributed by atoms with Crippen LogP contribution < -0.4 is 10.2 Å². The molecule has 1 aliphatic heterocycles. The minimum absolute atomic E-state index is 0.0225. The van der Waals surface area contributed by atoms with Gasteiger partial charge in [-0.25, -0.2) is 4.39 Å². The molecule has 1 aromatic carbocycles. The molecule has 2 aromatic heterocycles. The highest BCUT2D eigenvalue weighted by Crippen LogP contribution is 2.30. The quantitative estimate of drug-likeness (QED) is 0.415. The smallest absolute Gasteiger partial charge is 0.308 e. The van der Waals surface area contributed by atoms with Crippen molar-refractivity contribution in [1.29, 1.82) is 0 Å². The van der Waals surface area contributed by atoms with Crippen molar-refractivity contribution in [2.75, 3.05) is 6.54 Å². The second-order valence-corrected chi connectivity index (χ2v) is 6.60. The zero-order valence-electron chi connectivity index (χ0n) is 15.5. The van der Waals surface area contributed by atoms with Crippen LogP contribution in [0.5, 0.6) is 5.75 Å². The largest absolute Gasteiger partial charge is 0.422 e. The molecular weight excluding hydrogens is 379 g/mol. The Morgan fingerprint density at radius 2 is 2.03 bits per heavy atom. The summed E-state index contributed by atoms with van der Waals surface area (Å²) in [4.78, 5) is 30.8. The zero-order chi connectivity index (χ0) is 20.5. The van der Waals surface area contributed by atoms with Crippen LogP contribution >= 0.6 is 0 Å². The minimum Gasteiger partial charge on any atom is -0.422 e. The first-order valence-corrected chi connectivity index (χ1v) is 8.91. The van der Waals surface area contributed by atoms with Crippen LogP contribution in [0.15, 0.2) is 47.8 Å². The lowest BCUT2D eigenvalue weighted by Crippen LogP contribution is -2.44.